The highest BCUT2D eigenvalue weighted by Gasteiger charge is 2.12. The van der Waals surface area contributed by atoms with Crippen LogP contribution in [0.4, 0.5) is 5.82 Å². The van der Waals surface area contributed by atoms with E-state index in [1.165, 1.54) is 6.33 Å². The lowest BCUT2D eigenvalue weighted by Gasteiger charge is -2.07. The highest BCUT2D eigenvalue weighted by molar-refractivity contribution is 9.10. The Labute approximate surface area is 122 Å². The van der Waals surface area contributed by atoms with Crippen molar-refractivity contribution in [3.63, 3.8) is 0 Å². The van der Waals surface area contributed by atoms with E-state index in [2.05, 4.69) is 41.6 Å². The van der Waals surface area contributed by atoms with E-state index in [1.54, 1.807) is 4.68 Å². The zero-order valence-electron chi connectivity index (χ0n) is 10.2. The van der Waals surface area contributed by atoms with E-state index in [9.17, 15) is 4.79 Å². The molecule has 2 heterocycles. The average molecular weight is 348 g/mol. The predicted molar refractivity (Wildman–Crippen MR) is 76.2 cm³/mol. The van der Waals surface area contributed by atoms with E-state index >= 15 is 0 Å². The molecule has 2 aromatic heterocycles. The van der Waals surface area contributed by atoms with Crippen LogP contribution in [0.25, 0.3) is 11.0 Å². The average Bonchev–Trinajstić information content (AvgIpc) is 2.70. The summed E-state index contributed by atoms with van der Waals surface area (Å²) in [6.45, 7) is 1.00. The van der Waals surface area contributed by atoms with Crippen LogP contribution in [0.15, 0.2) is 10.9 Å². The first kappa shape index (κ1) is 14.0. The van der Waals surface area contributed by atoms with Crippen molar-refractivity contribution in [1.82, 2.24) is 25.1 Å². The molecule has 0 aliphatic heterocycles. The smallest absolute Gasteiger partial charge is 0.234 e. The van der Waals surface area contributed by atoms with Crippen molar-refractivity contribution in [1.29, 1.82) is 0 Å². The first-order valence-corrected chi connectivity index (χ1v) is 6.86. The van der Waals surface area contributed by atoms with E-state index in [1.807, 2.05) is 7.05 Å². The number of hydrogen-bond donors (Lipinski definition) is 2. The number of rotatable bonds is 5. The fourth-order valence-electron chi connectivity index (χ4n) is 1.60. The highest BCUT2D eigenvalue weighted by Crippen LogP contribution is 2.26. The maximum absolute atomic E-state index is 11.0. The van der Waals surface area contributed by atoms with Crippen LogP contribution in [0.3, 0.4) is 0 Å². The quantitative estimate of drug-likeness (QED) is 0.620. The summed E-state index contributed by atoms with van der Waals surface area (Å²) in [6, 6.07) is 0. The first-order chi connectivity index (χ1) is 9.13. The number of amides is 1. The van der Waals surface area contributed by atoms with Gasteiger partial charge in [-0.25, -0.2) is 14.6 Å². The number of aromatic nitrogens is 4. The van der Waals surface area contributed by atoms with Crippen LogP contribution in [0.5, 0.6) is 0 Å². The van der Waals surface area contributed by atoms with Crippen molar-refractivity contribution in [2.24, 2.45) is 7.05 Å². The molecule has 102 valence electrons. The Kier molecular flexibility index (Phi) is 4.54. The highest BCUT2D eigenvalue weighted by atomic mass is 79.9. The molecule has 2 aromatic rings. The molecule has 7 nitrogen and oxygen atoms in total. The van der Waals surface area contributed by atoms with Crippen molar-refractivity contribution >= 4 is 50.3 Å². The summed E-state index contributed by atoms with van der Waals surface area (Å²) in [7, 11) is 1.81. The summed E-state index contributed by atoms with van der Waals surface area (Å²) in [4.78, 5) is 19.3. The zero-order valence-corrected chi connectivity index (χ0v) is 12.5. The lowest BCUT2D eigenvalue weighted by molar-refractivity contribution is -0.118. The van der Waals surface area contributed by atoms with E-state index in [0.717, 1.165) is 11.0 Å². The minimum Gasteiger partial charge on any atom is -0.368 e. The third-order valence-corrected chi connectivity index (χ3v) is 3.24. The van der Waals surface area contributed by atoms with Crippen molar-refractivity contribution in [2.45, 2.75) is 0 Å². The number of aryl methyl sites for hydroxylation is 1. The Morgan fingerprint density at radius 1 is 1.47 bits per heavy atom. The van der Waals surface area contributed by atoms with Gasteiger partial charge >= 0.3 is 0 Å². The number of nitrogens with zero attached hydrogens (tertiary/aromatic N) is 4. The lowest BCUT2D eigenvalue weighted by Crippen LogP contribution is -2.29. The fourth-order valence-corrected chi connectivity index (χ4v) is 2.30. The Morgan fingerprint density at radius 3 is 3.00 bits per heavy atom. The van der Waals surface area contributed by atoms with Gasteiger partial charge in [-0.05, 0) is 15.9 Å². The minimum absolute atomic E-state index is 0.0358. The van der Waals surface area contributed by atoms with Crippen LogP contribution in [0, 0.1) is 0 Å². The molecule has 2 rings (SSSR count). The molecule has 19 heavy (non-hydrogen) atoms. The Bertz CT molecular complexity index is 601. The molecular formula is C10H12BrClN6O. The Hall–Kier alpha value is -1.41. The van der Waals surface area contributed by atoms with Crippen molar-refractivity contribution < 1.29 is 4.79 Å². The Morgan fingerprint density at radius 2 is 2.26 bits per heavy atom. The monoisotopic (exact) mass is 346 g/mol. The molecule has 0 unspecified atom stereocenters. The van der Waals surface area contributed by atoms with E-state index in [4.69, 9.17) is 11.6 Å². The van der Waals surface area contributed by atoms with E-state index < -0.39 is 0 Å². The number of anilines is 1. The number of carbonyl (C=O) groups excluding carboxylic acids is 1. The third-order valence-electron chi connectivity index (χ3n) is 2.44. The van der Waals surface area contributed by atoms with Crippen LogP contribution >= 0.6 is 27.5 Å². The molecular weight excluding hydrogens is 336 g/mol. The molecule has 0 spiro atoms. The summed E-state index contributed by atoms with van der Waals surface area (Å²) in [5, 5.41) is 10.8. The molecule has 2 N–H and O–H groups in total. The third kappa shape index (κ3) is 3.13. The number of halogens is 2. The number of nitrogens with one attached hydrogen (secondary N) is 2. The van der Waals surface area contributed by atoms with Crippen LogP contribution in [0.2, 0.25) is 0 Å². The summed E-state index contributed by atoms with van der Waals surface area (Å²) < 4.78 is 2.35. The SMILES string of the molecule is Cn1nc(Br)c2c(NCCNC(=O)CCl)ncnc21. The van der Waals surface area contributed by atoms with Crippen LogP contribution < -0.4 is 10.6 Å². The van der Waals surface area contributed by atoms with Gasteiger partial charge in [-0.1, -0.05) is 0 Å². The molecule has 0 aliphatic carbocycles. The second kappa shape index (κ2) is 6.16. The number of fused-ring (bicyclic) bond motifs is 1. The number of carbonyl (C=O) groups is 1. The van der Waals surface area contributed by atoms with Crippen LogP contribution in [-0.4, -0.2) is 44.6 Å². The predicted octanol–water partition coefficient (Wildman–Crippen LogP) is 0.893. The van der Waals surface area contributed by atoms with Crippen molar-refractivity contribution in [3.05, 3.63) is 10.9 Å². The van der Waals surface area contributed by atoms with Gasteiger partial charge in [0, 0.05) is 20.1 Å². The van der Waals surface area contributed by atoms with Gasteiger partial charge < -0.3 is 10.6 Å². The Balaban J connectivity index is 2.07. The standard InChI is InChI=1S/C10H12BrClN6O/c1-18-10-7(8(11)17-18)9(15-5-16-10)14-3-2-13-6(19)4-12/h5H,2-4H2,1H3,(H,13,19)(H,14,15,16). The van der Waals surface area contributed by atoms with E-state index in [-0.39, 0.29) is 11.8 Å². The molecule has 0 aromatic carbocycles. The maximum atomic E-state index is 11.0. The van der Waals surface area contributed by atoms with Gasteiger partial charge in [0.15, 0.2) is 5.65 Å². The van der Waals surface area contributed by atoms with Gasteiger partial charge in [-0.2, -0.15) is 5.10 Å². The number of hydrogen-bond acceptors (Lipinski definition) is 5. The van der Waals surface area contributed by atoms with Gasteiger partial charge in [-0.3, -0.25) is 4.79 Å². The molecule has 0 saturated heterocycles. The molecule has 0 bridgehead atoms. The van der Waals surface area contributed by atoms with Crippen molar-refractivity contribution in [3.8, 4) is 0 Å². The molecule has 0 aliphatic rings. The molecule has 0 atom stereocenters. The summed E-state index contributed by atoms with van der Waals surface area (Å²) in [6.07, 6.45) is 1.47. The lowest BCUT2D eigenvalue weighted by atomic mass is 10.4. The van der Waals surface area contributed by atoms with Crippen LogP contribution in [0.1, 0.15) is 0 Å². The summed E-state index contributed by atoms with van der Waals surface area (Å²) in [5.41, 5.74) is 0.731. The molecule has 1 amide bonds. The van der Waals surface area contributed by atoms with Gasteiger partial charge in [0.1, 0.15) is 22.6 Å². The maximum Gasteiger partial charge on any atom is 0.234 e. The topological polar surface area (TPSA) is 84.7 Å². The second-order valence-electron chi connectivity index (χ2n) is 3.75. The van der Waals surface area contributed by atoms with Gasteiger partial charge in [0.05, 0.1) is 5.39 Å². The first-order valence-electron chi connectivity index (χ1n) is 5.53. The van der Waals surface area contributed by atoms with E-state index in [0.29, 0.717) is 23.5 Å². The summed E-state index contributed by atoms with van der Waals surface area (Å²) >= 11 is 8.75. The van der Waals surface area contributed by atoms with Gasteiger partial charge in [-0.15, -0.1) is 11.6 Å². The summed E-state index contributed by atoms with van der Waals surface area (Å²) in [5.74, 6) is 0.440. The largest absolute Gasteiger partial charge is 0.368 e. The zero-order chi connectivity index (χ0) is 13.8. The van der Waals surface area contributed by atoms with Gasteiger partial charge in [0.2, 0.25) is 5.91 Å². The minimum atomic E-state index is -0.196. The molecule has 0 radical (unpaired) electrons. The molecule has 0 fully saturated rings. The number of alkyl halides is 1. The fraction of sp³-hybridized carbons (Fsp3) is 0.400. The normalized spacial score (nSPS) is 10.7. The molecule has 9 heteroatoms. The van der Waals surface area contributed by atoms with Crippen molar-refractivity contribution in [2.75, 3.05) is 24.3 Å². The van der Waals surface area contributed by atoms with Crippen LogP contribution in [-0.2, 0) is 11.8 Å². The molecule has 0 saturated carbocycles. The second-order valence-corrected chi connectivity index (χ2v) is 4.76. The van der Waals surface area contributed by atoms with Gasteiger partial charge in [0.25, 0.3) is 0 Å².